The Morgan fingerprint density at radius 3 is 3.00 bits per heavy atom. The second-order valence-corrected chi connectivity index (χ2v) is 5.90. The highest BCUT2D eigenvalue weighted by Gasteiger charge is 2.24. The summed E-state index contributed by atoms with van der Waals surface area (Å²) < 4.78 is 8.31. The van der Waals surface area contributed by atoms with Crippen molar-refractivity contribution in [3.05, 3.63) is 39.8 Å². The number of amides is 1. The van der Waals surface area contributed by atoms with Gasteiger partial charge in [0.25, 0.3) is 5.91 Å². The zero-order valence-corrected chi connectivity index (χ0v) is 13.0. The van der Waals surface area contributed by atoms with Crippen molar-refractivity contribution >= 4 is 21.8 Å². The number of rotatable bonds is 2. The number of hydrogen-bond donors (Lipinski definition) is 1. The van der Waals surface area contributed by atoms with Crippen molar-refractivity contribution in [1.82, 2.24) is 14.9 Å². The highest BCUT2D eigenvalue weighted by Crippen LogP contribution is 2.27. The molecule has 1 amide bonds. The van der Waals surface area contributed by atoms with Crippen LogP contribution in [0.2, 0.25) is 0 Å². The minimum atomic E-state index is -0.0835. The lowest BCUT2D eigenvalue weighted by Crippen LogP contribution is -2.41. The Bertz CT molecular complexity index is 659. The van der Waals surface area contributed by atoms with E-state index in [9.17, 15) is 4.79 Å². The van der Waals surface area contributed by atoms with Gasteiger partial charge in [0.2, 0.25) is 0 Å². The maximum absolute atomic E-state index is 12.4. The largest absolute Gasteiger partial charge is 0.465 e. The molecule has 0 radical (unpaired) electrons. The number of nitrogens with one attached hydrogen (secondary N) is 1. The second kappa shape index (κ2) is 5.09. The molecule has 20 heavy (non-hydrogen) atoms. The van der Waals surface area contributed by atoms with Gasteiger partial charge in [0.05, 0.1) is 10.0 Å². The van der Waals surface area contributed by atoms with Crippen LogP contribution in [-0.4, -0.2) is 21.5 Å². The molecule has 106 valence electrons. The maximum Gasteiger partial charge on any atom is 0.256 e. The molecule has 1 aliphatic rings. The molecule has 0 fully saturated rings. The average molecular weight is 338 g/mol. The van der Waals surface area contributed by atoms with Crippen molar-refractivity contribution < 1.29 is 9.21 Å². The van der Waals surface area contributed by atoms with Crippen LogP contribution in [-0.2, 0) is 13.0 Å². The number of carbonyl (C=O) groups excluding carboxylic acids is 1. The molecule has 1 N–H and O–H groups in total. The molecule has 2 aromatic heterocycles. The fraction of sp³-hybridized carbons (Fsp3) is 0.429. The number of nitrogens with zero attached hydrogens (tertiary/aromatic N) is 2. The van der Waals surface area contributed by atoms with Crippen molar-refractivity contribution in [2.45, 2.75) is 39.3 Å². The summed E-state index contributed by atoms with van der Waals surface area (Å²) in [4.78, 5) is 16.7. The number of carbonyl (C=O) groups is 1. The Labute approximate surface area is 125 Å². The highest BCUT2D eigenvalue weighted by molar-refractivity contribution is 9.10. The molecule has 6 heteroatoms. The summed E-state index contributed by atoms with van der Waals surface area (Å²) in [7, 11) is 0. The zero-order valence-electron chi connectivity index (χ0n) is 11.4. The molecule has 0 saturated carbocycles. The monoisotopic (exact) mass is 337 g/mol. The van der Waals surface area contributed by atoms with E-state index in [0.29, 0.717) is 11.3 Å². The number of hydrogen-bond acceptors (Lipinski definition) is 3. The van der Waals surface area contributed by atoms with Crippen molar-refractivity contribution in [2.24, 2.45) is 0 Å². The summed E-state index contributed by atoms with van der Waals surface area (Å²) in [6.07, 6.45) is 5.56. The minimum absolute atomic E-state index is 0.0835. The molecule has 5 nitrogen and oxygen atoms in total. The molecule has 0 bridgehead atoms. The fourth-order valence-electron chi connectivity index (χ4n) is 2.66. The van der Waals surface area contributed by atoms with E-state index in [2.05, 4.69) is 30.8 Å². The normalized spacial score (nSPS) is 17.9. The smallest absolute Gasteiger partial charge is 0.256 e. The first-order valence-electron chi connectivity index (χ1n) is 6.62. The van der Waals surface area contributed by atoms with Crippen LogP contribution in [0, 0.1) is 13.8 Å². The Kier molecular flexibility index (Phi) is 3.41. The predicted molar refractivity (Wildman–Crippen MR) is 77.7 cm³/mol. The van der Waals surface area contributed by atoms with E-state index in [4.69, 9.17) is 4.42 Å². The topological polar surface area (TPSA) is 60.1 Å². The Balaban J connectivity index is 1.74. The van der Waals surface area contributed by atoms with Crippen LogP contribution in [0.5, 0.6) is 0 Å². The van der Waals surface area contributed by atoms with Crippen molar-refractivity contribution in [3.63, 3.8) is 0 Å². The average Bonchev–Trinajstić information content (AvgIpc) is 2.94. The Morgan fingerprint density at radius 2 is 2.30 bits per heavy atom. The first-order chi connectivity index (χ1) is 9.56. The van der Waals surface area contributed by atoms with Crippen LogP contribution in [0.1, 0.15) is 34.1 Å². The van der Waals surface area contributed by atoms with E-state index >= 15 is 0 Å². The van der Waals surface area contributed by atoms with Crippen LogP contribution in [0.3, 0.4) is 0 Å². The van der Waals surface area contributed by atoms with Gasteiger partial charge in [-0.1, -0.05) is 0 Å². The van der Waals surface area contributed by atoms with Gasteiger partial charge in [-0.2, -0.15) is 0 Å². The third kappa shape index (κ3) is 2.28. The lowest BCUT2D eigenvalue weighted by atomic mass is 10.1. The molecule has 0 aromatic carbocycles. The van der Waals surface area contributed by atoms with Gasteiger partial charge in [0.15, 0.2) is 0 Å². The van der Waals surface area contributed by atoms with Crippen LogP contribution in [0.25, 0.3) is 0 Å². The van der Waals surface area contributed by atoms with Gasteiger partial charge in [0.1, 0.15) is 17.3 Å². The van der Waals surface area contributed by atoms with Crippen molar-refractivity contribution in [3.8, 4) is 0 Å². The third-order valence-corrected chi connectivity index (χ3v) is 4.64. The summed E-state index contributed by atoms with van der Waals surface area (Å²) in [6, 6.07) is 0.130. The van der Waals surface area contributed by atoms with Gasteiger partial charge < -0.3 is 14.3 Å². The van der Waals surface area contributed by atoms with E-state index in [1.54, 1.807) is 6.20 Å². The quantitative estimate of drug-likeness (QED) is 0.916. The number of aromatic nitrogens is 2. The van der Waals surface area contributed by atoms with E-state index in [-0.39, 0.29) is 11.9 Å². The van der Waals surface area contributed by atoms with Gasteiger partial charge in [-0.05, 0) is 36.2 Å². The summed E-state index contributed by atoms with van der Waals surface area (Å²) in [5, 5.41) is 3.08. The van der Waals surface area contributed by atoms with Gasteiger partial charge >= 0.3 is 0 Å². The summed E-state index contributed by atoms with van der Waals surface area (Å²) in [6.45, 7) is 4.42. The van der Waals surface area contributed by atoms with Crippen LogP contribution in [0.15, 0.2) is 21.3 Å². The van der Waals surface area contributed by atoms with E-state index < -0.39 is 0 Å². The molecule has 1 aliphatic heterocycles. The van der Waals surface area contributed by atoms with Crippen molar-refractivity contribution in [1.29, 1.82) is 0 Å². The Hall–Kier alpha value is -1.56. The second-order valence-electron chi connectivity index (χ2n) is 5.11. The summed E-state index contributed by atoms with van der Waals surface area (Å²) in [5.74, 6) is 2.38. The van der Waals surface area contributed by atoms with Crippen LogP contribution >= 0.6 is 15.9 Å². The Morgan fingerprint density at radius 1 is 1.50 bits per heavy atom. The van der Waals surface area contributed by atoms with E-state index in [1.807, 2.05) is 20.0 Å². The molecule has 0 unspecified atom stereocenters. The van der Waals surface area contributed by atoms with Crippen LogP contribution < -0.4 is 5.32 Å². The lowest BCUT2D eigenvalue weighted by Gasteiger charge is -2.24. The third-order valence-electron chi connectivity index (χ3n) is 3.68. The lowest BCUT2D eigenvalue weighted by molar-refractivity contribution is 0.0925. The molecule has 0 aliphatic carbocycles. The molecule has 0 spiro atoms. The number of furan rings is 1. The standard InChI is InChI=1S/C14H16BrN3O2/c1-8-12(13(15)9(2)20-8)14(19)17-10-3-4-11-16-5-6-18(11)7-10/h5-6,10H,3-4,7H2,1-2H3,(H,17,19)/t10-/m0/s1. The van der Waals surface area contributed by atoms with Gasteiger partial charge in [-0.25, -0.2) is 4.98 Å². The zero-order chi connectivity index (χ0) is 14.3. The number of halogens is 1. The molecule has 1 atom stereocenters. The number of fused-ring (bicyclic) bond motifs is 1. The highest BCUT2D eigenvalue weighted by atomic mass is 79.9. The van der Waals surface area contributed by atoms with Crippen molar-refractivity contribution in [2.75, 3.05) is 0 Å². The molecule has 3 rings (SSSR count). The first kappa shape index (κ1) is 13.4. The predicted octanol–water partition coefficient (Wildman–Crippen LogP) is 2.60. The SMILES string of the molecule is Cc1oc(C)c(C(=O)N[C@H]2CCc3nccn3C2)c1Br. The van der Waals surface area contributed by atoms with Gasteiger partial charge in [-0.3, -0.25) is 4.79 Å². The maximum atomic E-state index is 12.4. The molecule has 0 saturated heterocycles. The van der Waals surface area contributed by atoms with Crippen LogP contribution in [0.4, 0.5) is 0 Å². The van der Waals surface area contributed by atoms with Gasteiger partial charge in [-0.15, -0.1) is 0 Å². The number of aryl methyl sites for hydroxylation is 3. The van der Waals surface area contributed by atoms with Gasteiger partial charge in [0, 0.05) is 31.4 Å². The molecular formula is C14H16BrN3O2. The van der Waals surface area contributed by atoms with E-state index in [1.165, 1.54) is 0 Å². The minimum Gasteiger partial charge on any atom is -0.465 e. The molecule has 2 aromatic rings. The molecular weight excluding hydrogens is 322 g/mol. The molecule has 3 heterocycles. The summed E-state index contributed by atoms with van der Waals surface area (Å²) in [5.41, 5.74) is 0.596. The summed E-state index contributed by atoms with van der Waals surface area (Å²) >= 11 is 3.42. The number of imidazole rings is 1. The fourth-order valence-corrected chi connectivity index (χ4v) is 3.20. The van der Waals surface area contributed by atoms with E-state index in [0.717, 1.165) is 35.4 Å². The first-order valence-corrected chi connectivity index (χ1v) is 7.42.